The van der Waals surface area contributed by atoms with Gasteiger partial charge in [0.05, 0.1) is 24.9 Å². The lowest BCUT2D eigenvalue weighted by Crippen LogP contribution is -2.44. The molecule has 0 radical (unpaired) electrons. The Labute approximate surface area is 119 Å². The molecule has 2 bridgehead atoms. The van der Waals surface area contributed by atoms with Gasteiger partial charge in [-0.1, -0.05) is 18.2 Å². The van der Waals surface area contributed by atoms with E-state index in [2.05, 4.69) is 0 Å². The lowest BCUT2D eigenvalue weighted by atomic mass is 9.68. The molecule has 2 aliphatic rings. The van der Waals surface area contributed by atoms with Crippen molar-refractivity contribution >= 4 is 0 Å². The van der Waals surface area contributed by atoms with E-state index in [0.717, 1.165) is 30.6 Å². The van der Waals surface area contributed by atoms with Gasteiger partial charge in [0.1, 0.15) is 5.75 Å². The van der Waals surface area contributed by atoms with E-state index < -0.39 is 6.10 Å². The predicted octanol–water partition coefficient (Wildman–Crippen LogP) is 2.02. The first kappa shape index (κ1) is 13.9. The van der Waals surface area contributed by atoms with Gasteiger partial charge in [0.15, 0.2) is 0 Å². The Morgan fingerprint density at radius 1 is 1.45 bits per heavy atom. The molecule has 0 aliphatic carbocycles. The minimum atomic E-state index is -0.634. The van der Waals surface area contributed by atoms with E-state index in [1.165, 1.54) is 0 Å². The number of aliphatic hydroxyl groups is 1. The summed E-state index contributed by atoms with van der Waals surface area (Å²) >= 11 is 0. The van der Waals surface area contributed by atoms with Crippen molar-refractivity contribution in [3.8, 4) is 5.75 Å². The summed E-state index contributed by atoms with van der Waals surface area (Å²) in [5.41, 5.74) is 6.50. The molecule has 0 spiro atoms. The first-order valence-electron chi connectivity index (χ1n) is 7.46. The second-order valence-electron chi connectivity index (χ2n) is 5.84. The summed E-state index contributed by atoms with van der Waals surface area (Å²) in [4.78, 5) is 0. The molecule has 2 fully saturated rings. The second kappa shape index (κ2) is 5.35. The second-order valence-corrected chi connectivity index (χ2v) is 5.84. The fraction of sp³-hybridized carbons (Fsp3) is 0.625. The third kappa shape index (κ3) is 2.03. The standard InChI is InChI=1S/C16H23NO3/c1-2-19-13-6-4-3-5-12(13)15(18)16(10-17)9-11-7-8-14(16)20-11/h3-6,11,14-15,18H,2,7-10,17H2,1H3. The maximum absolute atomic E-state index is 11.0. The van der Waals surface area contributed by atoms with Gasteiger partial charge in [-0.25, -0.2) is 0 Å². The van der Waals surface area contributed by atoms with Gasteiger partial charge in [-0.15, -0.1) is 0 Å². The van der Waals surface area contributed by atoms with E-state index in [4.69, 9.17) is 15.2 Å². The number of aliphatic hydroxyl groups excluding tert-OH is 1. The Morgan fingerprint density at radius 2 is 2.25 bits per heavy atom. The molecular formula is C16H23NO3. The highest BCUT2D eigenvalue weighted by Crippen LogP contribution is 2.54. The molecule has 1 aromatic rings. The zero-order valence-electron chi connectivity index (χ0n) is 11.9. The third-order valence-electron chi connectivity index (χ3n) is 4.79. The first-order valence-corrected chi connectivity index (χ1v) is 7.46. The summed E-state index contributed by atoms with van der Waals surface area (Å²) < 4.78 is 11.6. The smallest absolute Gasteiger partial charge is 0.125 e. The molecule has 4 nitrogen and oxygen atoms in total. The van der Waals surface area contributed by atoms with Crippen LogP contribution in [0.15, 0.2) is 24.3 Å². The lowest BCUT2D eigenvalue weighted by Gasteiger charge is -2.39. The van der Waals surface area contributed by atoms with Gasteiger partial charge < -0.3 is 20.3 Å². The molecule has 2 aliphatic heterocycles. The third-order valence-corrected chi connectivity index (χ3v) is 4.79. The highest BCUT2D eigenvalue weighted by molar-refractivity contribution is 5.37. The van der Waals surface area contributed by atoms with Gasteiger partial charge in [0, 0.05) is 17.5 Å². The van der Waals surface area contributed by atoms with E-state index in [1.54, 1.807) is 0 Å². The minimum absolute atomic E-state index is 0.0715. The minimum Gasteiger partial charge on any atom is -0.493 e. The topological polar surface area (TPSA) is 64.7 Å². The largest absolute Gasteiger partial charge is 0.493 e. The first-order chi connectivity index (χ1) is 9.71. The van der Waals surface area contributed by atoms with Crippen molar-refractivity contribution in [2.75, 3.05) is 13.2 Å². The average Bonchev–Trinajstić information content (AvgIpc) is 3.08. The molecule has 3 N–H and O–H groups in total. The van der Waals surface area contributed by atoms with Crippen LogP contribution in [-0.4, -0.2) is 30.5 Å². The molecule has 20 heavy (non-hydrogen) atoms. The van der Waals surface area contributed by atoms with E-state index in [0.29, 0.717) is 13.2 Å². The van der Waals surface area contributed by atoms with Crippen molar-refractivity contribution < 1.29 is 14.6 Å². The molecule has 4 heteroatoms. The SMILES string of the molecule is CCOc1ccccc1C(O)C1(CN)CC2CCC1O2. The number of rotatable bonds is 5. The Balaban J connectivity index is 1.93. The molecule has 110 valence electrons. The number of hydrogen-bond donors (Lipinski definition) is 2. The quantitative estimate of drug-likeness (QED) is 0.864. The number of hydrogen-bond acceptors (Lipinski definition) is 4. The van der Waals surface area contributed by atoms with Crippen LogP contribution in [0.4, 0.5) is 0 Å². The zero-order valence-corrected chi connectivity index (χ0v) is 11.9. The fourth-order valence-corrected chi connectivity index (χ4v) is 3.75. The fourth-order valence-electron chi connectivity index (χ4n) is 3.75. The molecular weight excluding hydrogens is 254 g/mol. The molecule has 1 aromatic carbocycles. The van der Waals surface area contributed by atoms with Gasteiger partial charge >= 0.3 is 0 Å². The molecule has 4 unspecified atom stereocenters. The highest BCUT2D eigenvalue weighted by Gasteiger charge is 2.56. The van der Waals surface area contributed by atoms with Crippen LogP contribution in [0.5, 0.6) is 5.75 Å². The maximum Gasteiger partial charge on any atom is 0.125 e. The van der Waals surface area contributed by atoms with Crippen molar-refractivity contribution in [2.24, 2.45) is 11.1 Å². The van der Waals surface area contributed by atoms with Crippen LogP contribution in [0.1, 0.15) is 37.9 Å². The summed E-state index contributed by atoms with van der Waals surface area (Å²) in [6.07, 6.45) is 2.63. The molecule has 4 atom stereocenters. The summed E-state index contributed by atoms with van der Waals surface area (Å²) in [6.45, 7) is 2.97. The van der Waals surface area contributed by atoms with Gasteiger partial charge in [0.25, 0.3) is 0 Å². The van der Waals surface area contributed by atoms with E-state index in [1.807, 2.05) is 31.2 Å². The van der Waals surface area contributed by atoms with Crippen molar-refractivity contribution in [3.63, 3.8) is 0 Å². The molecule has 0 amide bonds. The number of ether oxygens (including phenoxy) is 2. The molecule has 3 rings (SSSR count). The molecule has 2 heterocycles. The average molecular weight is 277 g/mol. The summed E-state index contributed by atoms with van der Waals surface area (Å²) in [5.74, 6) is 0.748. The molecule has 2 saturated heterocycles. The van der Waals surface area contributed by atoms with E-state index in [-0.39, 0.29) is 17.6 Å². The summed E-state index contributed by atoms with van der Waals surface area (Å²) in [5, 5.41) is 11.0. The van der Waals surface area contributed by atoms with Crippen LogP contribution in [0.3, 0.4) is 0 Å². The monoisotopic (exact) mass is 277 g/mol. The van der Waals surface area contributed by atoms with Gasteiger partial charge in [-0.2, -0.15) is 0 Å². The Morgan fingerprint density at radius 3 is 2.85 bits per heavy atom. The molecule has 0 aromatic heterocycles. The number of nitrogens with two attached hydrogens (primary N) is 1. The highest BCUT2D eigenvalue weighted by atomic mass is 16.5. The van der Waals surface area contributed by atoms with Crippen molar-refractivity contribution in [1.29, 1.82) is 0 Å². The summed E-state index contributed by atoms with van der Waals surface area (Å²) in [7, 11) is 0. The van der Waals surface area contributed by atoms with Gasteiger partial charge in [-0.3, -0.25) is 0 Å². The lowest BCUT2D eigenvalue weighted by molar-refractivity contribution is -0.0275. The Kier molecular flexibility index (Phi) is 3.71. The van der Waals surface area contributed by atoms with Crippen molar-refractivity contribution in [3.05, 3.63) is 29.8 Å². The number of fused-ring (bicyclic) bond motifs is 2. The predicted molar refractivity (Wildman–Crippen MR) is 76.6 cm³/mol. The summed E-state index contributed by atoms with van der Waals surface area (Å²) in [6, 6.07) is 7.69. The van der Waals surface area contributed by atoms with Crippen LogP contribution >= 0.6 is 0 Å². The Bertz CT molecular complexity index is 479. The van der Waals surface area contributed by atoms with Gasteiger partial charge in [-0.05, 0) is 32.3 Å². The van der Waals surface area contributed by atoms with Gasteiger partial charge in [0.2, 0.25) is 0 Å². The molecule has 0 saturated carbocycles. The normalized spacial score (nSPS) is 33.4. The van der Waals surface area contributed by atoms with E-state index in [9.17, 15) is 5.11 Å². The van der Waals surface area contributed by atoms with Crippen molar-refractivity contribution in [2.45, 2.75) is 44.5 Å². The zero-order chi connectivity index (χ0) is 14.2. The van der Waals surface area contributed by atoms with Crippen LogP contribution in [0, 0.1) is 5.41 Å². The van der Waals surface area contributed by atoms with Crippen LogP contribution < -0.4 is 10.5 Å². The number of benzene rings is 1. The number of para-hydroxylation sites is 1. The van der Waals surface area contributed by atoms with Crippen LogP contribution in [0.25, 0.3) is 0 Å². The van der Waals surface area contributed by atoms with E-state index >= 15 is 0 Å². The maximum atomic E-state index is 11.0. The Hall–Kier alpha value is -1.10. The van der Waals surface area contributed by atoms with Crippen LogP contribution in [-0.2, 0) is 4.74 Å². The van der Waals surface area contributed by atoms with Crippen LogP contribution in [0.2, 0.25) is 0 Å². The van der Waals surface area contributed by atoms with Crippen molar-refractivity contribution in [1.82, 2.24) is 0 Å².